The highest BCUT2D eigenvalue weighted by Gasteiger charge is 2.14. The molecule has 0 saturated heterocycles. The summed E-state index contributed by atoms with van der Waals surface area (Å²) < 4.78 is 15.7. The van der Waals surface area contributed by atoms with E-state index in [-0.39, 0.29) is 5.82 Å². The van der Waals surface area contributed by atoms with Crippen LogP contribution in [0, 0.1) is 5.82 Å². The van der Waals surface area contributed by atoms with Gasteiger partial charge >= 0.3 is 0 Å². The second-order valence-electron chi connectivity index (χ2n) is 5.62. The molecular weight excluding hydrogens is 431 g/mol. The molecule has 0 spiro atoms. The van der Waals surface area contributed by atoms with Crippen molar-refractivity contribution in [2.24, 2.45) is 0 Å². The van der Waals surface area contributed by atoms with E-state index in [1.807, 2.05) is 29.6 Å². The molecule has 27 heavy (non-hydrogen) atoms. The molecule has 0 fully saturated rings. The number of nitrogens with zero attached hydrogens (tertiary/aromatic N) is 3. The van der Waals surface area contributed by atoms with Crippen LogP contribution in [0.3, 0.4) is 0 Å². The summed E-state index contributed by atoms with van der Waals surface area (Å²) in [7, 11) is 0. The molecule has 0 radical (unpaired) electrons. The van der Waals surface area contributed by atoms with Gasteiger partial charge in [-0.3, -0.25) is 4.79 Å². The Hall–Kier alpha value is -2.84. The number of benzene rings is 2. The molecule has 2 aromatic heterocycles. The summed E-state index contributed by atoms with van der Waals surface area (Å²) in [4.78, 5) is 15.6. The zero-order valence-electron chi connectivity index (χ0n) is 13.8. The first kappa shape index (κ1) is 17.6. The number of aromatic nitrogens is 3. The number of hydrogen-bond acceptors (Lipinski definition) is 4. The summed E-state index contributed by atoms with van der Waals surface area (Å²) in [6.45, 7) is 0. The Kier molecular flexibility index (Phi) is 4.83. The predicted molar refractivity (Wildman–Crippen MR) is 107 cm³/mol. The lowest BCUT2D eigenvalue weighted by atomic mass is 10.1. The number of thiazole rings is 1. The molecule has 0 bridgehead atoms. The highest BCUT2D eigenvalue weighted by atomic mass is 79.9. The molecule has 2 heterocycles. The zero-order chi connectivity index (χ0) is 18.8. The second-order valence-corrected chi connectivity index (χ2v) is 7.37. The summed E-state index contributed by atoms with van der Waals surface area (Å²) >= 11 is 4.83. The van der Waals surface area contributed by atoms with Gasteiger partial charge < -0.3 is 5.32 Å². The molecule has 1 amide bonds. The molecule has 0 atom stereocenters. The number of nitrogens with one attached hydrogen (secondary N) is 1. The van der Waals surface area contributed by atoms with Crippen LogP contribution < -0.4 is 5.32 Å². The number of hydrogen-bond donors (Lipinski definition) is 1. The van der Waals surface area contributed by atoms with E-state index in [1.54, 1.807) is 22.9 Å². The van der Waals surface area contributed by atoms with Gasteiger partial charge in [-0.1, -0.05) is 28.1 Å². The Balaban J connectivity index is 1.73. The Morgan fingerprint density at radius 2 is 1.70 bits per heavy atom. The molecule has 8 heteroatoms. The van der Waals surface area contributed by atoms with E-state index in [1.165, 1.54) is 23.5 Å². The average Bonchev–Trinajstić information content (AvgIpc) is 3.31. The topological polar surface area (TPSA) is 59.8 Å². The molecule has 1 N–H and O–H groups in total. The molecule has 134 valence electrons. The van der Waals surface area contributed by atoms with Gasteiger partial charge in [0.05, 0.1) is 11.4 Å². The van der Waals surface area contributed by atoms with Gasteiger partial charge in [0.15, 0.2) is 0 Å². The van der Waals surface area contributed by atoms with Crippen molar-refractivity contribution in [2.45, 2.75) is 0 Å². The first-order valence-corrected chi connectivity index (χ1v) is 9.59. The SMILES string of the molecule is O=CNc1cc(-c2ccc(F)cc2)nn1-c1nc(-c2ccc(Br)cc2)cs1. The lowest BCUT2D eigenvalue weighted by Crippen LogP contribution is -2.04. The number of amides is 1. The van der Waals surface area contributed by atoms with Gasteiger partial charge in [0.2, 0.25) is 11.5 Å². The molecule has 0 unspecified atom stereocenters. The second kappa shape index (κ2) is 7.42. The third-order valence-electron chi connectivity index (χ3n) is 3.87. The lowest BCUT2D eigenvalue weighted by Gasteiger charge is -2.01. The molecule has 4 rings (SSSR count). The fourth-order valence-corrected chi connectivity index (χ4v) is 3.63. The molecule has 4 aromatic rings. The monoisotopic (exact) mass is 442 g/mol. The normalized spacial score (nSPS) is 10.7. The van der Waals surface area contributed by atoms with Gasteiger partial charge in [-0.25, -0.2) is 9.37 Å². The fraction of sp³-hybridized carbons (Fsp3) is 0. The van der Waals surface area contributed by atoms with E-state index in [2.05, 4.69) is 31.3 Å². The predicted octanol–water partition coefficient (Wildman–Crippen LogP) is 5.13. The quantitative estimate of drug-likeness (QED) is 0.435. The van der Waals surface area contributed by atoms with Crippen LogP contribution in [0.25, 0.3) is 27.6 Å². The molecule has 2 aromatic carbocycles. The van der Waals surface area contributed by atoms with Gasteiger partial charge in [-0.15, -0.1) is 11.3 Å². The summed E-state index contributed by atoms with van der Waals surface area (Å²) in [6, 6.07) is 15.6. The Morgan fingerprint density at radius 3 is 2.41 bits per heavy atom. The van der Waals surface area contributed by atoms with Crippen molar-refractivity contribution < 1.29 is 9.18 Å². The van der Waals surface area contributed by atoms with Crippen molar-refractivity contribution in [3.63, 3.8) is 0 Å². The van der Waals surface area contributed by atoms with Gasteiger partial charge in [0.1, 0.15) is 11.6 Å². The Morgan fingerprint density at radius 1 is 1.04 bits per heavy atom. The van der Waals surface area contributed by atoms with E-state index < -0.39 is 0 Å². The smallest absolute Gasteiger partial charge is 0.212 e. The van der Waals surface area contributed by atoms with Crippen molar-refractivity contribution in [3.05, 3.63) is 70.3 Å². The van der Waals surface area contributed by atoms with E-state index in [0.29, 0.717) is 23.1 Å². The summed E-state index contributed by atoms with van der Waals surface area (Å²) in [5.41, 5.74) is 3.16. The minimum Gasteiger partial charge on any atom is -0.313 e. The largest absolute Gasteiger partial charge is 0.313 e. The van der Waals surface area contributed by atoms with Crippen LogP contribution >= 0.6 is 27.3 Å². The van der Waals surface area contributed by atoms with Crippen molar-refractivity contribution in [2.75, 3.05) is 5.32 Å². The van der Waals surface area contributed by atoms with E-state index in [4.69, 9.17) is 0 Å². The number of carbonyl (C=O) groups excluding carboxylic acids is 1. The standard InChI is InChI=1S/C19H12BrFN4OS/c20-14-5-1-13(2-6-14)17-10-27-19(23-17)25-18(22-11-26)9-16(24-25)12-3-7-15(21)8-4-12/h1-11H,(H,22,26). The molecular formula is C19H12BrFN4OS. The average molecular weight is 443 g/mol. The molecule has 0 saturated carbocycles. The van der Waals surface area contributed by atoms with Crippen LogP contribution in [0.15, 0.2) is 64.5 Å². The molecule has 0 aliphatic rings. The number of halogens is 2. The van der Waals surface area contributed by atoms with Crippen molar-refractivity contribution in [1.82, 2.24) is 14.8 Å². The van der Waals surface area contributed by atoms with Crippen LogP contribution in [0.4, 0.5) is 10.2 Å². The first-order valence-electron chi connectivity index (χ1n) is 7.92. The van der Waals surface area contributed by atoms with Gasteiger partial charge in [-0.05, 0) is 36.4 Å². The maximum Gasteiger partial charge on any atom is 0.212 e. The van der Waals surface area contributed by atoms with Crippen LogP contribution in [-0.4, -0.2) is 21.2 Å². The number of rotatable bonds is 5. The maximum atomic E-state index is 13.2. The van der Waals surface area contributed by atoms with E-state index >= 15 is 0 Å². The summed E-state index contributed by atoms with van der Waals surface area (Å²) in [5.74, 6) is 0.171. The minimum atomic E-state index is -0.316. The summed E-state index contributed by atoms with van der Waals surface area (Å²) in [5, 5.41) is 9.72. The third-order valence-corrected chi connectivity index (χ3v) is 5.21. The molecule has 5 nitrogen and oxygen atoms in total. The Labute approximate surface area is 166 Å². The number of anilines is 1. The molecule has 0 aliphatic heterocycles. The lowest BCUT2D eigenvalue weighted by molar-refractivity contribution is -0.105. The highest BCUT2D eigenvalue weighted by Crippen LogP contribution is 2.29. The highest BCUT2D eigenvalue weighted by molar-refractivity contribution is 9.10. The Bertz CT molecular complexity index is 1090. The van der Waals surface area contributed by atoms with Gasteiger partial charge in [0.25, 0.3) is 0 Å². The molecule has 0 aliphatic carbocycles. The van der Waals surface area contributed by atoms with E-state index in [9.17, 15) is 9.18 Å². The van der Waals surface area contributed by atoms with Crippen LogP contribution in [0.5, 0.6) is 0 Å². The van der Waals surface area contributed by atoms with Gasteiger partial charge in [-0.2, -0.15) is 9.78 Å². The van der Waals surface area contributed by atoms with Gasteiger partial charge in [0, 0.05) is 27.0 Å². The first-order chi connectivity index (χ1) is 13.1. The van der Waals surface area contributed by atoms with E-state index in [0.717, 1.165) is 21.3 Å². The fourth-order valence-electron chi connectivity index (χ4n) is 2.57. The van der Waals surface area contributed by atoms with Crippen molar-refractivity contribution in [1.29, 1.82) is 0 Å². The summed E-state index contributed by atoms with van der Waals surface area (Å²) in [6.07, 6.45) is 0.588. The van der Waals surface area contributed by atoms with Crippen LogP contribution in [0.1, 0.15) is 0 Å². The third kappa shape index (κ3) is 3.67. The maximum absolute atomic E-state index is 13.2. The van der Waals surface area contributed by atoms with Crippen molar-refractivity contribution >= 4 is 39.5 Å². The van der Waals surface area contributed by atoms with Crippen molar-refractivity contribution in [3.8, 4) is 27.6 Å². The minimum absolute atomic E-state index is 0.316. The number of carbonyl (C=O) groups is 1. The van der Waals surface area contributed by atoms with Crippen LogP contribution in [-0.2, 0) is 4.79 Å². The zero-order valence-corrected chi connectivity index (χ0v) is 16.2. The van der Waals surface area contributed by atoms with Crippen LogP contribution in [0.2, 0.25) is 0 Å².